The molecule has 0 amide bonds. The lowest BCUT2D eigenvalue weighted by Crippen LogP contribution is -2.17. The van der Waals surface area contributed by atoms with Crippen LogP contribution in [0, 0.1) is 0 Å². The number of nitrogens with zero attached hydrogens (tertiary/aromatic N) is 1. The van der Waals surface area contributed by atoms with Gasteiger partial charge in [0.2, 0.25) is 0 Å². The fraction of sp³-hybridized carbons (Fsp3) is 0.231. The van der Waals surface area contributed by atoms with E-state index < -0.39 is 18.1 Å². The zero-order valence-corrected chi connectivity index (χ0v) is 10.7. The number of aromatic nitrogens is 1. The highest BCUT2D eigenvalue weighted by Crippen LogP contribution is 2.35. The van der Waals surface area contributed by atoms with Gasteiger partial charge in [0.15, 0.2) is 5.69 Å². The van der Waals surface area contributed by atoms with Crippen molar-refractivity contribution < 1.29 is 32.2 Å². The predicted octanol–water partition coefficient (Wildman–Crippen LogP) is 3.83. The van der Waals surface area contributed by atoms with Gasteiger partial charge in [0.05, 0.1) is 5.92 Å². The number of aromatic carboxylic acids is 1. The fourth-order valence-electron chi connectivity index (χ4n) is 1.54. The van der Waals surface area contributed by atoms with Crippen molar-refractivity contribution in [3.05, 3.63) is 41.8 Å². The minimum absolute atomic E-state index is 0.0185. The van der Waals surface area contributed by atoms with Gasteiger partial charge in [-0.2, -0.15) is 18.2 Å². The molecule has 0 aliphatic carbocycles. The quantitative estimate of drug-likeness (QED) is 0.929. The summed E-state index contributed by atoms with van der Waals surface area (Å²) >= 11 is 0. The number of oxazole rings is 1. The van der Waals surface area contributed by atoms with Crippen molar-refractivity contribution in [1.29, 1.82) is 0 Å². The molecule has 0 saturated carbocycles. The molecule has 0 bridgehead atoms. The van der Waals surface area contributed by atoms with Gasteiger partial charge in [-0.05, 0) is 24.6 Å². The van der Waals surface area contributed by atoms with Crippen LogP contribution in [0.1, 0.15) is 28.9 Å². The number of hydrogen-bond donors (Lipinski definition) is 1. The monoisotopic (exact) mass is 301 g/mol. The number of benzene rings is 1. The molecule has 21 heavy (non-hydrogen) atoms. The molecule has 1 heterocycles. The predicted molar refractivity (Wildman–Crippen MR) is 64.4 cm³/mol. The van der Waals surface area contributed by atoms with Crippen LogP contribution in [0.4, 0.5) is 13.2 Å². The first-order valence-corrected chi connectivity index (χ1v) is 5.80. The van der Waals surface area contributed by atoms with Crippen LogP contribution in [0.2, 0.25) is 0 Å². The normalized spacial score (nSPS) is 13.0. The molecule has 2 rings (SSSR count). The van der Waals surface area contributed by atoms with E-state index in [4.69, 9.17) is 14.3 Å². The van der Waals surface area contributed by atoms with E-state index in [2.05, 4.69) is 4.98 Å². The number of hydrogen-bond acceptors (Lipinski definition) is 4. The van der Waals surface area contributed by atoms with Gasteiger partial charge in [0, 0.05) is 0 Å². The van der Waals surface area contributed by atoms with Crippen LogP contribution in [-0.4, -0.2) is 22.2 Å². The van der Waals surface area contributed by atoms with Gasteiger partial charge in [0.1, 0.15) is 12.0 Å². The number of carboxylic acid groups (broad SMARTS) is 1. The van der Waals surface area contributed by atoms with Crippen LogP contribution in [0.3, 0.4) is 0 Å². The summed E-state index contributed by atoms with van der Waals surface area (Å²) in [6, 6.07) is 5.33. The Hall–Kier alpha value is -2.51. The molecule has 0 fully saturated rings. The Morgan fingerprint density at radius 3 is 2.71 bits per heavy atom. The highest BCUT2D eigenvalue weighted by molar-refractivity contribution is 5.84. The molecular weight excluding hydrogens is 291 g/mol. The molecular formula is C13H10F3NO4. The van der Waals surface area contributed by atoms with E-state index in [9.17, 15) is 18.0 Å². The first kappa shape index (κ1) is 14.9. The largest absolute Gasteiger partial charge is 0.476 e. The molecule has 0 radical (unpaired) electrons. The summed E-state index contributed by atoms with van der Waals surface area (Å²) in [7, 11) is 0. The van der Waals surface area contributed by atoms with Crippen LogP contribution in [0.5, 0.6) is 11.8 Å². The zero-order chi connectivity index (χ0) is 15.6. The molecule has 0 spiro atoms. The summed E-state index contributed by atoms with van der Waals surface area (Å²) in [4.78, 5) is 14.1. The molecule has 1 aromatic heterocycles. The Kier molecular flexibility index (Phi) is 3.88. The topological polar surface area (TPSA) is 72.6 Å². The smallest absolute Gasteiger partial charge is 0.399 e. The SMILES string of the molecule is CC(c1cccc(Oc2nc(C(=O)O)co2)c1)C(F)(F)F. The summed E-state index contributed by atoms with van der Waals surface area (Å²) in [5, 5.41) is 8.67. The Morgan fingerprint density at radius 1 is 1.43 bits per heavy atom. The molecule has 0 aliphatic rings. The molecule has 0 aliphatic heterocycles. The van der Waals surface area contributed by atoms with E-state index in [-0.39, 0.29) is 23.1 Å². The maximum atomic E-state index is 12.6. The summed E-state index contributed by atoms with van der Waals surface area (Å²) in [5.74, 6) is -2.88. The second-order valence-electron chi connectivity index (χ2n) is 4.24. The standard InChI is InChI=1S/C13H10F3NO4/c1-7(13(14,15)16)8-3-2-4-9(5-8)21-12-17-10(6-20-12)11(18)19/h2-7H,1H3,(H,18,19). The molecule has 1 N–H and O–H groups in total. The van der Waals surface area contributed by atoms with E-state index in [1.807, 2.05) is 0 Å². The number of ether oxygens (including phenoxy) is 1. The fourth-order valence-corrected chi connectivity index (χ4v) is 1.54. The Labute approximate surface area is 117 Å². The van der Waals surface area contributed by atoms with E-state index in [1.54, 1.807) is 0 Å². The molecule has 2 aromatic rings. The average molecular weight is 301 g/mol. The molecule has 112 valence electrons. The number of halogens is 3. The average Bonchev–Trinajstić information content (AvgIpc) is 2.86. The lowest BCUT2D eigenvalue weighted by atomic mass is 10.0. The summed E-state index contributed by atoms with van der Waals surface area (Å²) in [5.41, 5.74) is -0.338. The van der Waals surface area contributed by atoms with E-state index in [0.717, 1.165) is 13.2 Å². The van der Waals surface area contributed by atoms with Crippen LogP contribution in [0.25, 0.3) is 0 Å². The second kappa shape index (κ2) is 5.47. The molecule has 8 heteroatoms. The highest BCUT2D eigenvalue weighted by Gasteiger charge is 2.37. The third-order valence-corrected chi connectivity index (χ3v) is 2.76. The lowest BCUT2D eigenvalue weighted by Gasteiger charge is -2.16. The molecule has 1 unspecified atom stereocenters. The van der Waals surface area contributed by atoms with E-state index >= 15 is 0 Å². The number of alkyl halides is 3. The lowest BCUT2D eigenvalue weighted by molar-refractivity contribution is -0.146. The van der Waals surface area contributed by atoms with Gasteiger partial charge in [-0.1, -0.05) is 12.1 Å². The Balaban J connectivity index is 2.19. The summed E-state index contributed by atoms with van der Waals surface area (Å²) < 4.78 is 47.8. The van der Waals surface area contributed by atoms with Crippen LogP contribution < -0.4 is 4.74 Å². The minimum Gasteiger partial charge on any atom is -0.476 e. The van der Waals surface area contributed by atoms with Gasteiger partial charge in [0.25, 0.3) is 0 Å². The van der Waals surface area contributed by atoms with Crippen LogP contribution in [0.15, 0.2) is 34.9 Å². The molecule has 0 saturated heterocycles. The van der Waals surface area contributed by atoms with E-state index in [0.29, 0.717) is 0 Å². The molecule has 5 nitrogen and oxygen atoms in total. The van der Waals surface area contributed by atoms with Gasteiger partial charge in [-0.15, -0.1) is 0 Å². The summed E-state index contributed by atoms with van der Waals surface area (Å²) in [6.07, 6.45) is -3.85. The van der Waals surface area contributed by atoms with Crippen molar-refractivity contribution in [2.75, 3.05) is 0 Å². The van der Waals surface area contributed by atoms with Crippen molar-refractivity contribution >= 4 is 5.97 Å². The van der Waals surface area contributed by atoms with Crippen molar-refractivity contribution in [2.45, 2.75) is 19.0 Å². The maximum absolute atomic E-state index is 12.6. The molecule has 1 atom stereocenters. The highest BCUT2D eigenvalue weighted by atomic mass is 19.4. The Morgan fingerprint density at radius 2 is 2.14 bits per heavy atom. The van der Waals surface area contributed by atoms with Crippen molar-refractivity contribution in [2.24, 2.45) is 0 Å². The number of rotatable bonds is 4. The first-order chi connectivity index (χ1) is 9.77. The number of carbonyl (C=O) groups is 1. The number of carboxylic acids is 1. The first-order valence-electron chi connectivity index (χ1n) is 5.80. The minimum atomic E-state index is -4.36. The van der Waals surface area contributed by atoms with Gasteiger partial charge in [-0.25, -0.2) is 4.79 Å². The zero-order valence-electron chi connectivity index (χ0n) is 10.7. The van der Waals surface area contributed by atoms with Gasteiger partial charge < -0.3 is 14.3 Å². The van der Waals surface area contributed by atoms with Crippen LogP contribution >= 0.6 is 0 Å². The third-order valence-electron chi connectivity index (χ3n) is 2.76. The molecule has 1 aromatic carbocycles. The van der Waals surface area contributed by atoms with Crippen LogP contribution in [-0.2, 0) is 0 Å². The van der Waals surface area contributed by atoms with Gasteiger partial charge >= 0.3 is 18.2 Å². The Bertz CT molecular complexity index is 651. The van der Waals surface area contributed by atoms with Gasteiger partial charge in [-0.3, -0.25) is 0 Å². The van der Waals surface area contributed by atoms with Crippen molar-refractivity contribution in [3.63, 3.8) is 0 Å². The second-order valence-corrected chi connectivity index (χ2v) is 4.24. The van der Waals surface area contributed by atoms with E-state index in [1.165, 1.54) is 24.3 Å². The third kappa shape index (κ3) is 3.53. The van der Waals surface area contributed by atoms with Crippen molar-refractivity contribution in [3.8, 4) is 11.8 Å². The summed E-state index contributed by atoms with van der Waals surface area (Å²) in [6.45, 7) is 1.03. The maximum Gasteiger partial charge on any atom is 0.399 e. The van der Waals surface area contributed by atoms with Crippen molar-refractivity contribution in [1.82, 2.24) is 4.98 Å².